The van der Waals surface area contributed by atoms with E-state index in [0.29, 0.717) is 29.0 Å². The van der Waals surface area contributed by atoms with Crippen LogP contribution in [0.4, 0.5) is 18.9 Å². The second kappa shape index (κ2) is 45.5. The minimum atomic E-state index is -4.41. The number of hydrogen-bond acceptors (Lipinski definition) is 11. The third-order valence-corrected chi connectivity index (χ3v) is 17.6. The monoisotopic (exact) mass is 1590 g/mol. The molecule has 12 rings (SSSR count). The average molecular weight is 1590 g/mol. The van der Waals surface area contributed by atoms with Crippen molar-refractivity contribution < 1.29 is 65.9 Å². The van der Waals surface area contributed by atoms with Gasteiger partial charge in [-0.3, -0.25) is 47.9 Å². The van der Waals surface area contributed by atoms with E-state index in [9.17, 15) is 61.1 Å². The van der Waals surface area contributed by atoms with E-state index in [1.54, 1.807) is 73.7 Å². The van der Waals surface area contributed by atoms with Gasteiger partial charge in [0.05, 0.1) is 12.1 Å². The van der Waals surface area contributed by atoms with Gasteiger partial charge in [-0.2, -0.15) is 13.2 Å². The van der Waals surface area contributed by atoms with Gasteiger partial charge < -0.3 is 4.74 Å². The zero-order valence-electron chi connectivity index (χ0n) is 66.9. The van der Waals surface area contributed by atoms with Crippen molar-refractivity contribution >= 4 is 74.3 Å². The molecule has 12 aromatic carbocycles. The second-order valence-corrected chi connectivity index (χ2v) is 27.5. The van der Waals surface area contributed by atoms with Crippen LogP contribution in [0.15, 0.2) is 285 Å². The normalized spacial score (nSPS) is 9.94. The first-order valence-electron chi connectivity index (χ1n) is 37.7. The predicted octanol–water partition coefficient (Wildman–Crippen LogP) is 18.9. The number of halogens is 3. The van der Waals surface area contributed by atoms with Crippen LogP contribution in [-0.4, -0.2) is 57.8 Å². The third-order valence-electron chi connectivity index (χ3n) is 17.6. The molecule has 120 heavy (non-hydrogen) atoms. The number of carbonyl (C=O) groups is 10. The number of ether oxygens (including phenoxy) is 1. The first kappa shape index (κ1) is 90.0. The number of hydrogen-bond donors (Lipinski definition) is 0. The molecular weight excluding hydrogens is 1510 g/mol. The van der Waals surface area contributed by atoms with Gasteiger partial charge >= 0.3 is 6.18 Å². The lowest BCUT2D eigenvalue weighted by Crippen LogP contribution is -2.12. The predicted molar refractivity (Wildman–Crippen MR) is 460 cm³/mol. The number of ketones is 10. The first-order valence-corrected chi connectivity index (χ1v) is 37.7. The molecule has 0 bridgehead atoms. The van der Waals surface area contributed by atoms with Gasteiger partial charge in [-0.25, -0.2) is 4.85 Å². The highest BCUT2D eigenvalue weighted by Crippen LogP contribution is 2.31. The van der Waals surface area contributed by atoms with E-state index in [1.807, 2.05) is 189 Å². The number of rotatable bonds is 18. The van der Waals surface area contributed by atoms with Crippen LogP contribution in [0.2, 0.25) is 0 Å². The lowest BCUT2D eigenvalue weighted by atomic mass is 10.0. The molecule has 0 aliphatic heterocycles. The summed E-state index contributed by atoms with van der Waals surface area (Å²) >= 11 is 0. The minimum absolute atomic E-state index is 0.0237. The molecule has 12 nitrogen and oxygen atoms in total. The molecular formula is C105H80F3NO11. The van der Waals surface area contributed by atoms with Crippen LogP contribution in [0, 0.1) is 79.6 Å². The fraction of sp³-hybridized carbons (Fsp3) is 0.133. The summed E-state index contributed by atoms with van der Waals surface area (Å²) in [5, 5.41) is 2.37. The average Bonchev–Trinajstić information content (AvgIpc) is 0.837. The highest BCUT2D eigenvalue weighted by molar-refractivity contribution is 6.38. The van der Waals surface area contributed by atoms with Gasteiger partial charge in [0.2, 0.25) is 28.9 Å². The van der Waals surface area contributed by atoms with E-state index in [2.05, 4.69) is 88.3 Å². The summed E-state index contributed by atoms with van der Waals surface area (Å²) in [6.07, 6.45) is -3.83. The minimum Gasteiger partial charge on any atom is -0.489 e. The molecule has 0 amide bonds. The Morgan fingerprint density at radius 3 is 0.900 bits per heavy atom. The summed E-state index contributed by atoms with van der Waals surface area (Å²) in [6, 6.07) is 86.9. The van der Waals surface area contributed by atoms with Crippen molar-refractivity contribution in [3.8, 4) is 65.0 Å². The molecule has 0 N–H and O–H groups in total. The highest BCUT2D eigenvalue weighted by atomic mass is 19.4. The van der Waals surface area contributed by atoms with Gasteiger partial charge in [-0.15, -0.1) is 0 Å². The Hall–Kier alpha value is -15.5. The van der Waals surface area contributed by atoms with Gasteiger partial charge in [0.15, 0.2) is 34.6 Å². The standard InChI is InChI=1S/C25H20O3.C22H16O2.C20H15F3O2.C19H13NO2.C19H16O2/c1-19(26)25(27)17-22-11-9-20(10-12-22)7-8-21-13-15-24(16-14-21)28-18-23-5-3-2-4-6-23;1-16(23)22(24)15-19-10-7-17(8-11-19)6-9-18-12-13-20-4-2-3-5-21(20)14-18;1-13-9-17(11-18(10-13)20(21,22)23)8-5-15-3-6-16(7-4-15)12-19(25)14(2)24;1-14(21)19(22)13-17-7-5-15(6-8-17)3-4-16-9-11-18(20-2)12-10-16;1-14-3-5-16(6-4-14)7-8-17-9-11-18(12-10-17)13-19(21)15(2)20/h2-6,9-16H,17-18H2,1H3;2-5,7-8,10-14H,15H2,1H3;3-4,6-7,9-11H,12H2,1-2H3;5-12H,13H2,1H3;3-6,9-12H,13H2,1-2H3. The number of carbonyl (C=O) groups excluding carboxylic acids is 10. The van der Waals surface area contributed by atoms with E-state index in [4.69, 9.17) is 11.3 Å². The van der Waals surface area contributed by atoms with Gasteiger partial charge in [0, 0.05) is 122 Å². The molecule has 0 saturated heterocycles. The van der Waals surface area contributed by atoms with Crippen LogP contribution >= 0.6 is 0 Å². The summed E-state index contributed by atoms with van der Waals surface area (Å²) in [6.45, 7) is 17.4. The van der Waals surface area contributed by atoms with Crippen molar-refractivity contribution in [3.05, 3.63) is 402 Å². The Balaban J connectivity index is 0.000000187. The fourth-order valence-electron chi connectivity index (χ4n) is 10.7. The van der Waals surface area contributed by atoms with Crippen LogP contribution in [-0.2, 0) is 92.8 Å². The van der Waals surface area contributed by atoms with Crippen LogP contribution in [0.1, 0.15) is 140 Å². The fourth-order valence-corrected chi connectivity index (χ4v) is 10.7. The molecule has 15 heteroatoms. The molecule has 0 unspecified atom stereocenters. The van der Waals surface area contributed by atoms with E-state index in [-0.39, 0.29) is 55.0 Å². The lowest BCUT2D eigenvalue weighted by Gasteiger charge is -2.08. The molecule has 592 valence electrons. The number of benzene rings is 12. The smallest absolute Gasteiger partial charge is 0.416 e. The molecule has 0 aliphatic rings. The number of Topliss-reactive ketones (excluding diaryl/α,β-unsaturated/α-hetero) is 10. The quantitative estimate of drug-likeness (QED) is 0.0452. The Morgan fingerprint density at radius 2 is 0.575 bits per heavy atom. The van der Waals surface area contributed by atoms with Crippen molar-refractivity contribution in [1.82, 2.24) is 0 Å². The Kier molecular flexibility index (Phi) is 34.2. The maximum Gasteiger partial charge on any atom is 0.416 e. The van der Waals surface area contributed by atoms with Gasteiger partial charge in [0.1, 0.15) is 12.4 Å². The SMILES string of the molecule is CC(=O)C(=O)Cc1ccc(C#Cc2cc(C)cc(C(F)(F)F)c2)cc1.CC(=O)C(=O)Cc1ccc(C#Cc2ccc(C)cc2)cc1.CC(=O)C(=O)Cc1ccc(C#Cc2ccc(OCc3ccccc3)cc2)cc1.CC(=O)C(=O)Cc1ccc(C#Cc2ccc3ccccc3c2)cc1.[C-]#[N+]c1ccc(C#Cc2ccc(CC(=O)C(C)=O)cc2)cc1. The summed E-state index contributed by atoms with van der Waals surface area (Å²) in [5.41, 5.74) is 14.6. The summed E-state index contributed by atoms with van der Waals surface area (Å²) < 4.78 is 44.2. The van der Waals surface area contributed by atoms with Gasteiger partial charge in [-0.1, -0.05) is 222 Å². The molecule has 0 radical (unpaired) electrons. The molecule has 0 heterocycles. The van der Waals surface area contributed by atoms with E-state index < -0.39 is 52.2 Å². The molecule has 0 fully saturated rings. The maximum atomic E-state index is 12.8. The Labute approximate surface area is 696 Å². The van der Waals surface area contributed by atoms with Crippen molar-refractivity contribution in [2.45, 2.75) is 93.4 Å². The van der Waals surface area contributed by atoms with Crippen molar-refractivity contribution in [3.63, 3.8) is 0 Å². The molecule has 0 saturated carbocycles. The van der Waals surface area contributed by atoms with Crippen LogP contribution in [0.5, 0.6) is 5.75 Å². The highest BCUT2D eigenvalue weighted by Gasteiger charge is 2.31. The van der Waals surface area contributed by atoms with Crippen molar-refractivity contribution in [2.24, 2.45) is 0 Å². The van der Waals surface area contributed by atoms with E-state index >= 15 is 0 Å². The van der Waals surface area contributed by atoms with E-state index in [0.717, 1.165) is 90.2 Å². The summed E-state index contributed by atoms with van der Waals surface area (Å²) in [7, 11) is 0. The zero-order valence-corrected chi connectivity index (χ0v) is 66.9. The maximum absolute atomic E-state index is 12.8. The number of fused-ring (bicyclic) bond motifs is 1. The first-order chi connectivity index (χ1) is 57.5. The van der Waals surface area contributed by atoms with Crippen LogP contribution in [0.25, 0.3) is 15.6 Å². The topological polar surface area (TPSA) is 184 Å². The third kappa shape index (κ3) is 31.7. The van der Waals surface area contributed by atoms with Gasteiger partial charge in [0.25, 0.3) is 0 Å². The molecule has 0 aliphatic carbocycles. The zero-order chi connectivity index (χ0) is 86.5. The second-order valence-electron chi connectivity index (χ2n) is 27.5. The largest absolute Gasteiger partial charge is 0.489 e. The molecule has 0 atom stereocenters. The molecule has 12 aromatic rings. The van der Waals surface area contributed by atoms with Crippen molar-refractivity contribution in [1.29, 1.82) is 0 Å². The molecule has 0 aromatic heterocycles. The summed E-state index contributed by atoms with van der Waals surface area (Å²) in [4.78, 5) is 115. The van der Waals surface area contributed by atoms with Crippen LogP contribution < -0.4 is 4.74 Å². The van der Waals surface area contributed by atoms with Crippen LogP contribution in [0.3, 0.4) is 0 Å². The van der Waals surface area contributed by atoms with E-state index in [1.165, 1.54) is 51.0 Å². The number of nitrogens with zero attached hydrogens (tertiary/aromatic N) is 1. The Bertz CT molecular complexity index is 6120. The summed E-state index contributed by atoms with van der Waals surface area (Å²) in [5.74, 6) is 26.9. The van der Waals surface area contributed by atoms with Crippen molar-refractivity contribution in [2.75, 3.05) is 0 Å². The number of alkyl halides is 3. The number of aryl methyl sites for hydroxylation is 2. The Morgan fingerprint density at radius 1 is 0.292 bits per heavy atom. The molecule has 0 spiro atoms. The lowest BCUT2D eigenvalue weighted by molar-refractivity contribution is -0.137. The van der Waals surface area contributed by atoms with Gasteiger partial charge in [-0.05, 0) is 191 Å².